The Kier molecular flexibility index (Phi) is 6.42. The number of fused-ring (bicyclic) bond motifs is 1. The number of ether oxygens (including phenoxy) is 1. The Labute approximate surface area is 176 Å². The number of benzene rings is 2. The van der Waals surface area contributed by atoms with Crippen molar-refractivity contribution in [3.63, 3.8) is 0 Å². The molecule has 0 radical (unpaired) electrons. The molecule has 3 aromatic rings. The third-order valence-electron chi connectivity index (χ3n) is 5.35. The molecule has 0 fully saturated rings. The van der Waals surface area contributed by atoms with Gasteiger partial charge >= 0.3 is 6.01 Å². The first kappa shape index (κ1) is 20.1. The minimum atomic E-state index is -0.311. The predicted octanol–water partition coefficient (Wildman–Crippen LogP) is 5.44. The fourth-order valence-corrected chi connectivity index (χ4v) is 3.70. The summed E-state index contributed by atoms with van der Waals surface area (Å²) in [5.41, 5.74) is 4.11. The van der Waals surface area contributed by atoms with Gasteiger partial charge in [-0.05, 0) is 73.6 Å². The second-order valence-electron chi connectivity index (χ2n) is 7.64. The van der Waals surface area contributed by atoms with Crippen LogP contribution in [0.3, 0.4) is 0 Å². The zero-order valence-electron chi connectivity index (χ0n) is 17.3. The quantitative estimate of drug-likeness (QED) is 0.505. The van der Waals surface area contributed by atoms with E-state index in [2.05, 4.69) is 34.6 Å². The van der Waals surface area contributed by atoms with E-state index in [0.717, 1.165) is 37.7 Å². The van der Waals surface area contributed by atoms with Crippen molar-refractivity contribution in [1.29, 1.82) is 0 Å². The van der Waals surface area contributed by atoms with Gasteiger partial charge in [0, 0.05) is 11.1 Å². The van der Waals surface area contributed by atoms with E-state index in [0.29, 0.717) is 23.8 Å². The van der Waals surface area contributed by atoms with E-state index in [9.17, 15) is 4.79 Å². The molecule has 2 aromatic carbocycles. The van der Waals surface area contributed by atoms with Gasteiger partial charge in [-0.15, -0.1) is 5.10 Å². The predicted molar refractivity (Wildman–Crippen MR) is 116 cm³/mol. The molecular formula is C24H27N3O3. The summed E-state index contributed by atoms with van der Waals surface area (Å²) in [4.78, 5) is 12.6. The van der Waals surface area contributed by atoms with E-state index in [-0.39, 0.29) is 11.9 Å². The van der Waals surface area contributed by atoms with E-state index < -0.39 is 0 Å². The van der Waals surface area contributed by atoms with Gasteiger partial charge in [0.15, 0.2) is 0 Å². The Morgan fingerprint density at radius 1 is 1.07 bits per heavy atom. The molecular weight excluding hydrogens is 378 g/mol. The largest absolute Gasteiger partial charge is 0.494 e. The molecule has 0 bridgehead atoms. The first-order chi connectivity index (χ1) is 14.7. The molecule has 0 saturated heterocycles. The Morgan fingerprint density at radius 2 is 1.93 bits per heavy atom. The topological polar surface area (TPSA) is 77.2 Å². The average Bonchev–Trinajstić information content (AvgIpc) is 3.25. The molecule has 1 N–H and O–H groups in total. The number of nitrogens with one attached hydrogen (secondary N) is 1. The van der Waals surface area contributed by atoms with Crippen LogP contribution in [0.2, 0.25) is 0 Å². The van der Waals surface area contributed by atoms with Crippen LogP contribution in [0.1, 0.15) is 60.5 Å². The van der Waals surface area contributed by atoms with Crippen LogP contribution in [0.4, 0.5) is 6.01 Å². The summed E-state index contributed by atoms with van der Waals surface area (Å²) < 4.78 is 11.4. The van der Waals surface area contributed by atoms with Crippen molar-refractivity contribution in [1.82, 2.24) is 10.2 Å². The van der Waals surface area contributed by atoms with Gasteiger partial charge in [0.25, 0.3) is 5.91 Å². The summed E-state index contributed by atoms with van der Waals surface area (Å²) in [5, 5.41) is 10.8. The number of rotatable bonds is 8. The monoisotopic (exact) mass is 405 g/mol. The summed E-state index contributed by atoms with van der Waals surface area (Å²) in [5.74, 6) is 0.778. The molecule has 1 aliphatic rings. The number of carbonyl (C=O) groups excluding carboxylic acids is 1. The van der Waals surface area contributed by atoms with Crippen molar-refractivity contribution in [3.8, 4) is 17.2 Å². The highest BCUT2D eigenvalue weighted by Gasteiger charge is 2.16. The van der Waals surface area contributed by atoms with Gasteiger partial charge in [0.05, 0.1) is 6.61 Å². The highest BCUT2D eigenvalue weighted by atomic mass is 16.5. The maximum atomic E-state index is 12.6. The number of anilines is 1. The minimum Gasteiger partial charge on any atom is -0.494 e. The van der Waals surface area contributed by atoms with Crippen molar-refractivity contribution in [3.05, 3.63) is 59.2 Å². The summed E-state index contributed by atoms with van der Waals surface area (Å²) >= 11 is 0. The van der Waals surface area contributed by atoms with Crippen LogP contribution in [-0.2, 0) is 12.8 Å². The highest BCUT2D eigenvalue weighted by molar-refractivity contribution is 6.03. The average molecular weight is 405 g/mol. The van der Waals surface area contributed by atoms with Gasteiger partial charge in [0.1, 0.15) is 5.75 Å². The van der Waals surface area contributed by atoms with Gasteiger partial charge in [-0.25, -0.2) is 0 Å². The first-order valence-electron chi connectivity index (χ1n) is 10.7. The fraction of sp³-hybridized carbons (Fsp3) is 0.375. The van der Waals surface area contributed by atoms with E-state index in [1.165, 1.54) is 24.0 Å². The molecule has 4 rings (SSSR count). The molecule has 6 nitrogen and oxygen atoms in total. The van der Waals surface area contributed by atoms with E-state index in [4.69, 9.17) is 9.15 Å². The minimum absolute atomic E-state index is 0.0852. The molecule has 0 spiro atoms. The standard InChI is InChI=1S/C24H27N3O3/c1-2-3-6-14-29-21-11-7-10-19(16-21)22(28)25-24-27-26-23(30-24)20-13-12-17-8-4-5-9-18(17)15-20/h7,10-13,15-16H,2-6,8-9,14H2,1H3,(H,25,27,28). The van der Waals surface area contributed by atoms with Gasteiger partial charge in [-0.1, -0.05) is 37.0 Å². The van der Waals surface area contributed by atoms with Crippen LogP contribution in [0, 0.1) is 0 Å². The third-order valence-corrected chi connectivity index (χ3v) is 5.35. The van der Waals surface area contributed by atoms with Crippen molar-refractivity contribution < 1.29 is 13.9 Å². The summed E-state index contributed by atoms with van der Waals surface area (Å²) in [7, 11) is 0. The third kappa shape index (κ3) is 4.87. The van der Waals surface area contributed by atoms with E-state index >= 15 is 0 Å². The van der Waals surface area contributed by atoms with Gasteiger partial charge in [-0.2, -0.15) is 0 Å². The molecule has 0 saturated carbocycles. The van der Waals surface area contributed by atoms with Crippen LogP contribution in [0.5, 0.6) is 5.75 Å². The molecule has 1 heterocycles. The Hall–Kier alpha value is -3.15. The zero-order chi connectivity index (χ0) is 20.8. The number of amides is 1. The maximum Gasteiger partial charge on any atom is 0.322 e. The smallest absolute Gasteiger partial charge is 0.322 e. The first-order valence-corrected chi connectivity index (χ1v) is 10.7. The molecule has 0 unspecified atom stereocenters. The van der Waals surface area contributed by atoms with E-state index in [1.807, 2.05) is 12.1 Å². The number of hydrogen-bond donors (Lipinski definition) is 1. The molecule has 0 atom stereocenters. The molecule has 30 heavy (non-hydrogen) atoms. The lowest BCUT2D eigenvalue weighted by atomic mass is 9.90. The summed E-state index contributed by atoms with van der Waals surface area (Å²) in [6.45, 7) is 2.80. The number of unbranched alkanes of at least 4 members (excludes halogenated alkanes) is 2. The highest BCUT2D eigenvalue weighted by Crippen LogP contribution is 2.27. The fourth-order valence-electron chi connectivity index (χ4n) is 3.70. The van der Waals surface area contributed by atoms with Gasteiger partial charge in [-0.3, -0.25) is 10.1 Å². The zero-order valence-corrected chi connectivity index (χ0v) is 17.3. The molecule has 6 heteroatoms. The Morgan fingerprint density at radius 3 is 2.80 bits per heavy atom. The summed E-state index contributed by atoms with van der Waals surface area (Å²) in [6, 6.07) is 13.5. The molecule has 0 aliphatic heterocycles. The normalized spacial score (nSPS) is 13.0. The van der Waals surface area contributed by atoms with Crippen molar-refractivity contribution in [2.45, 2.75) is 51.9 Å². The number of aromatic nitrogens is 2. The van der Waals surface area contributed by atoms with Crippen LogP contribution in [0.15, 0.2) is 46.9 Å². The van der Waals surface area contributed by atoms with Crippen LogP contribution in [0.25, 0.3) is 11.5 Å². The van der Waals surface area contributed by atoms with Gasteiger partial charge in [0.2, 0.25) is 5.89 Å². The second-order valence-corrected chi connectivity index (χ2v) is 7.64. The van der Waals surface area contributed by atoms with Crippen LogP contribution >= 0.6 is 0 Å². The molecule has 1 aliphatic carbocycles. The van der Waals surface area contributed by atoms with Crippen molar-refractivity contribution in [2.24, 2.45) is 0 Å². The lowest BCUT2D eigenvalue weighted by Crippen LogP contribution is -2.12. The van der Waals surface area contributed by atoms with Gasteiger partial charge < -0.3 is 9.15 Å². The summed E-state index contributed by atoms with van der Waals surface area (Å²) in [6.07, 6.45) is 7.94. The Bertz CT molecular complexity index is 1010. The number of nitrogens with zero attached hydrogens (tertiary/aromatic N) is 2. The van der Waals surface area contributed by atoms with E-state index in [1.54, 1.807) is 18.2 Å². The SMILES string of the molecule is CCCCCOc1cccc(C(=O)Nc2nnc(-c3ccc4c(c3)CCCC4)o2)c1. The molecule has 1 aromatic heterocycles. The lowest BCUT2D eigenvalue weighted by molar-refractivity contribution is 0.102. The van der Waals surface area contributed by atoms with Crippen LogP contribution in [-0.4, -0.2) is 22.7 Å². The number of aryl methyl sites for hydroxylation is 2. The van der Waals surface area contributed by atoms with Crippen LogP contribution < -0.4 is 10.1 Å². The van der Waals surface area contributed by atoms with Crippen molar-refractivity contribution in [2.75, 3.05) is 11.9 Å². The Balaban J connectivity index is 1.41. The molecule has 156 valence electrons. The number of hydrogen-bond acceptors (Lipinski definition) is 5. The second kappa shape index (κ2) is 9.57. The van der Waals surface area contributed by atoms with Crippen molar-refractivity contribution >= 4 is 11.9 Å². The lowest BCUT2D eigenvalue weighted by Gasteiger charge is -2.15. The molecule has 1 amide bonds. The number of carbonyl (C=O) groups is 1. The maximum absolute atomic E-state index is 12.6.